The number of sulfonamides is 1. The van der Waals surface area contributed by atoms with E-state index in [1.54, 1.807) is 6.92 Å². The fourth-order valence-electron chi connectivity index (χ4n) is 1.85. The SMILES string of the molecule is CC(CN)S(=O)(=O)NC1CC1c1ccccc1. The molecule has 1 fully saturated rings. The highest BCUT2D eigenvalue weighted by molar-refractivity contribution is 7.90. The molecule has 0 heterocycles. The monoisotopic (exact) mass is 254 g/mol. The Morgan fingerprint density at radius 1 is 1.41 bits per heavy atom. The zero-order chi connectivity index (χ0) is 12.5. The van der Waals surface area contributed by atoms with Crippen LogP contribution in [-0.4, -0.2) is 26.3 Å². The van der Waals surface area contributed by atoms with Gasteiger partial charge in [0, 0.05) is 18.5 Å². The third kappa shape index (κ3) is 2.86. The Hall–Kier alpha value is -0.910. The van der Waals surface area contributed by atoms with Crippen LogP contribution in [0.1, 0.15) is 24.8 Å². The van der Waals surface area contributed by atoms with Crippen LogP contribution in [0.4, 0.5) is 0 Å². The van der Waals surface area contributed by atoms with E-state index in [4.69, 9.17) is 5.73 Å². The number of hydrogen-bond acceptors (Lipinski definition) is 3. The van der Waals surface area contributed by atoms with Crippen molar-refractivity contribution >= 4 is 10.0 Å². The van der Waals surface area contributed by atoms with Crippen molar-refractivity contribution < 1.29 is 8.42 Å². The van der Waals surface area contributed by atoms with Gasteiger partial charge < -0.3 is 5.73 Å². The molecule has 5 heteroatoms. The highest BCUT2D eigenvalue weighted by Gasteiger charge is 2.41. The third-order valence-electron chi connectivity index (χ3n) is 3.20. The van der Waals surface area contributed by atoms with E-state index in [0.717, 1.165) is 6.42 Å². The van der Waals surface area contributed by atoms with Gasteiger partial charge >= 0.3 is 0 Å². The Morgan fingerprint density at radius 3 is 2.65 bits per heavy atom. The Kier molecular flexibility index (Phi) is 3.51. The molecule has 0 bridgehead atoms. The molecule has 3 unspecified atom stereocenters. The predicted molar refractivity (Wildman–Crippen MR) is 68.2 cm³/mol. The van der Waals surface area contributed by atoms with Crippen LogP contribution in [0.25, 0.3) is 0 Å². The highest BCUT2D eigenvalue weighted by atomic mass is 32.2. The van der Waals surface area contributed by atoms with Crippen molar-refractivity contribution in [2.75, 3.05) is 6.54 Å². The first kappa shape index (κ1) is 12.5. The standard InChI is InChI=1S/C12H18N2O2S/c1-9(8-13)17(15,16)14-12-7-11(12)10-5-3-2-4-6-10/h2-6,9,11-12,14H,7-8,13H2,1H3. The van der Waals surface area contributed by atoms with Crippen LogP contribution in [0.5, 0.6) is 0 Å². The lowest BCUT2D eigenvalue weighted by atomic mass is 10.1. The third-order valence-corrected chi connectivity index (χ3v) is 5.08. The molecule has 0 amide bonds. The van der Waals surface area contributed by atoms with Crippen molar-refractivity contribution in [2.45, 2.75) is 30.6 Å². The van der Waals surface area contributed by atoms with Gasteiger partial charge in [-0.3, -0.25) is 0 Å². The van der Waals surface area contributed by atoms with Gasteiger partial charge in [0.1, 0.15) is 0 Å². The summed E-state index contributed by atoms with van der Waals surface area (Å²) in [7, 11) is -3.26. The van der Waals surface area contributed by atoms with Crippen molar-refractivity contribution in [3.8, 4) is 0 Å². The average Bonchev–Trinajstić information content (AvgIpc) is 3.07. The summed E-state index contributed by atoms with van der Waals surface area (Å²) >= 11 is 0. The van der Waals surface area contributed by atoms with Crippen LogP contribution in [0.3, 0.4) is 0 Å². The normalized spacial score (nSPS) is 25.5. The summed E-state index contributed by atoms with van der Waals surface area (Å²) in [5, 5.41) is -0.528. The molecule has 0 aliphatic heterocycles. The summed E-state index contributed by atoms with van der Waals surface area (Å²) in [5.74, 6) is 0.316. The lowest BCUT2D eigenvalue weighted by Gasteiger charge is -2.11. The maximum atomic E-state index is 11.8. The van der Waals surface area contributed by atoms with Crippen molar-refractivity contribution in [3.63, 3.8) is 0 Å². The largest absolute Gasteiger partial charge is 0.329 e. The summed E-state index contributed by atoms with van der Waals surface area (Å²) in [6.45, 7) is 1.78. The molecule has 1 aromatic carbocycles. The van der Waals surface area contributed by atoms with Crippen molar-refractivity contribution in [1.82, 2.24) is 4.72 Å². The lowest BCUT2D eigenvalue weighted by Crippen LogP contribution is -2.38. The zero-order valence-electron chi connectivity index (χ0n) is 9.84. The van der Waals surface area contributed by atoms with Crippen LogP contribution in [0, 0.1) is 0 Å². The number of hydrogen-bond donors (Lipinski definition) is 2. The van der Waals surface area contributed by atoms with E-state index in [0.29, 0.717) is 5.92 Å². The topological polar surface area (TPSA) is 72.2 Å². The van der Waals surface area contributed by atoms with Crippen LogP contribution in [0.2, 0.25) is 0 Å². The molecule has 3 N–H and O–H groups in total. The Morgan fingerprint density at radius 2 is 2.06 bits per heavy atom. The van der Waals surface area contributed by atoms with Crippen molar-refractivity contribution in [1.29, 1.82) is 0 Å². The number of benzene rings is 1. The summed E-state index contributed by atoms with van der Waals surface area (Å²) in [6.07, 6.45) is 0.876. The fourth-order valence-corrected chi connectivity index (χ4v) is 3.02. The lowest BCUT2D eigenvalue weighted by molar-refractivity contribution is 0.567. The Bertz CT molecular complexity index is 473. The summed E-state index contributed by atoms with van der Waals surface area (Å²) in [6, 6.07) is 10.0. The van der Waals surface area contributed by atoms with Gasteiger partial charge in [-0.2, -0.15) is 0 Å². The van der Waals surface area contributed by atoms with Gasteiger partial charge in [-0.15, -0.1) is 0 Å². The molecule has 0 spiro atoms. The molecule has 3 atom stereocenters. The smallest absolute Gasteiger partial charge is 0.215 e. The summed E-state index contributed by atoms with van der Waals surface area (Å²) in [5.41, 5.74) is 6.58. The van der Waals surface area contributed by atoms with E-state index < -0.39 is 15.3 Å². The fraction of sp³-hybridized carbons (Fsp3) is 0.500. The molecule has 1 saturated carbocycles. The van der Waals surface area contributed by atoms with Crippen LogP contribution >= 0.6 is 0 Å². The van der Waals surface area contributed by atoms with Crippen LogP contribution < -0.4 is 10.5 Å². The number of rotatable bonds is 5. The molecule has 0 saturated heterocycles. The Balaban J connectivity index is 1.97. The van der Waals surface area contributed by atoms with Gasteiger partial charge in [0.25, 0.3) is 0 Å². The van der Waals surface area contributed by atoms with Crippen LogP contribution in [-0.2, 0) is 10.0 Å². The first-order chi connectivity index (χ1) is 8.04. The second-order valence-electron chi connectivity index (χ2n) is 4.57. The van der Waals surface area contributed by atoms with E-state index in [-0.39, 0.29) is 12.6 Å². The van der Waals surface area contributed by atoms with E-state index in [9.17, 15) is 8.42 Å². The Labute approximate surface area is 102 Å². The molecule has 0 aromatic heterocycles. The second-order valence-corrected chi connectivity index (χ2v) is 6.70. The van der Waals surface area contributed by atoms with Gasteiger partial charge in [-0.1, -0.05) is 30.3 Å². The maximum Gasteiger partial charge on any atom is 0.215 e. The van der Waals surface area contributed by atoms with Gasteiger partial charge in [0.15, 0.2) is 0 Å². The maximum absolute atomic E-state index is 11.8. The van der Waals surface area contributed by atoms with Crippen molar-refractivity contribution in [3.05, 3.63) is 35.9 Å². The molecule has 4 nitrogen and oxygen atoms in total. The predicted octanol–water partition coefficient (Wildman–Crippen LogP) is 0.809. The molecular weight excluding hydrogens is 236 g/mol. The van der Waals surface area contributed by atoms with Crippen LogP contribution in [0.15, 0.2) is 30.3 Å². The second kappa shape index (κ2) is 4.76. The average molecular weight is 254 g/mol. The molecule has 2 rings (SSSR count). The van der Waals surface area contributed by atoms with Crippen molar-refractivity contribution in [2.24, 2.45) is 5.73 Å². The molecular formula is C12H18N2O2S. The minimum absolute atomic E-state index is 0.0383. The molecule has 94 valence electrons. The number of nitrogens with two attached hydrogens (primary N) is 1. The summed E-state index contributed by atoms with van der Waals surface area (Å²) in [4.78, 5) is 0. The molecule has 17 heavy (non-hydrogen) atoms. The van der Waals surface area contributed by atoms with E-state index in [2.05, 4.69) is 4.72 Å². The zero-order valence-corrected chi connectivity index (χ0v) is 10.7. The van der Waals surface area contributed by atoms with Gasteiger partial charge in [-0.05, 0) is 18.9 Å². The number of nitrogens with one attached hydrogen (secondary N) is 1. The molecule has 1 aliphatic rings. The minimum atomic E-state index is -3.26. The van der Waals surface area contributed by atoms with E-state index in [1.165, 1.54) is 5.56 Å². The van der Waals surface area contributed by atoms with Gasteiger partial charge in [0.2, 0.25) is 10.0 Å². The van der Waals surface area contributed by atoms with Gasteiger partial charge in [0.05, 0.1) is 5.25 Å². The summed E-state index contributed by atoms with van der Waals surface area (Å²) < 4.78 is 26.3. The molecule has 1 aliphatic carbocycles. The molecule has 0 radical (unpaired) electrons. The van der Waals surface area contributed by atoms with Gasteiger partial charge in [-0.25, -0.2) is 13.1 Å². The van der Waals surface area contributed by atoms with E-state index in [1.807, 2.05) is 30.3 Å². The first-order valence-electron chi connectivity index (χ1n) is 5.80. The highest BCUT2D eigenvalue weighted by Crippen LogP contribution is 2.41. The minimum Gasteiger partial charge on any atom is -0.329 e. The quantitative estimate of drug-likeness (QED) is 0.816. The first-order valence-corrected chi connectivity index (χ1v) is 7.35. The van der Waals surface area contributed by atoms with E-state index >= 15 is 0 Å². The molecule has 1 aromatic rings.